The maximum atomic E-state index is 12.5. The van der Waals surface area contributed by atoms with Crippen LogP contribution in [0.2, 0.25) is 0 Å². The molecule has 0 aliphatic carbocycles. The fourth-order valence-corrected chi connectivity index (χ4v) is 5.25. The molecule has 4 unspecified atom stereocenters. The van der Waals surface area contributed by atoms with Crippen LogP contribution in [0.4, 0.5) is 0 Å². The second kappa shape index (κ2) is 6.83. The molecule has 2 amide bonds. The van der Waals surface area contributed by atoms with E-state index in [1.807, 2.05) is 24.3 Å². The van der Waals surface area contributed by atoms with Gasteiger partial charge in [0.25, 0.3) is 0 Å². The van der Waals surface area contributed by atoms with Gasteiger partial charge in [0, 0.05) is 4.75 Å². The highest BCUT2D eigenvalue weighted by Crippen LogP contribution is 2.50. The van der Waals surface area contributed by atoms with Gasteiger partial charge in [-0.15, -0.1) is 11.8 Å². The summed E-state index contributed by atoms with van der Waals surface area (Å²) in [4.78, 5) is 37.9. The molecule has 7 nitrogen and oxygen atoms in total. The third-order valence-corrected chi connectivity index (χ3v) is 6.79. The van der Waals surface area contributed by atoms with Crippen LogP contribution in [0.5, 0.6) is 0 Å². The lowest BCUT2D eigenvalue weighted by Crippen LogP contribution is -2.71. The van der Waals surface area contributed by atoms with Crippen molar-refractivity contribution in [1.29, 1.82) is 0 Å². The number of benzene rings is 1. The molecule has 2 aliphatic rings. The van der Waals surface area contributed by atoms with Gasteiger partial charge in [-0.2, -0.15) is 0 Å². The van der Waals surface area contributed by atoms with Gasteiger partial charge in [-0.3, -0.25) is 9.59 Å². The average molecular weight is 391 g/mol. The standard InChI is InChI=1S/C19H25N3O4S/c1-9(2)10-5-7-11(8-6-10)12(20)15(23)21-13-16(24)22-14(18(25)26)19(3,4)27-17(13)22/h5-9,12-14,17H,20H2,1-4H3,(H,21,23)(H,25,26). The first-order valence-electron chi connectivity index (χ1n) is 8.93. The zero-order valence-electron chi connectivity index (χ0n) is 15.8. The predicted molar refractivity (Wildman–Crippen MR) is 103 cm³/mol. The highest BCUT2D eigenvalue weighted by molar-refractivity contribution is 8.01. The van der Waals surface area contributed by atoms with Crippen LogP contribution in [0.3, 0.4) is 0 Å². The van der Waals surface area contributed by atoms with E-state index in [0.29, 0.717) is 11.5 Å². The molecule has 0 saturated carbocycles. The number of carbonyl (C=O) groups is 3. The highest BCUT2D eigenvalue weighted by Gasteiger charge is 2.64. The maximum absolute atomic E-state index is 12.5. The largest absolute Gasteiger partial charge is 0.480 e. The van der Waals surface area contributed by atoms with Crippen molar-refractivity contribution >= 4 is 29.5 Å². The summed E-state index contributed by atoms with van der Waals surface area (Å²) in [7, 11) is 0. The van der Waals surface area contributed by atoms with E-state index in [2.05, 4.69) is 19.2 Å². The van der Waals surface area contributed by atoms with Crippen molar-refractivity contribution in [2.24, 2.45) is 5.73 Å². The summed E-state index contributed by atoms with van der Waals surface area (Å²) >= 11 is 1.39. The minimum atomic E-state index is -1.03. The summed E-state index contributed by atoms with van der Waals surface area (Å²) in [6.07, 6.45) is 0. The SMILES string of the molecule is CC(C)c1ccc(C(N)C(=O)NC2C(=O)N3C2SC(C)(C)C3C(=O)O)cc1. The van der Waals surface area contributed by atoms with Gasteiger partial charge in [-0.25, -0.2) is 4.79 Å². The van der Waals surface area contributed by atoms with E-state index in [1.165, 1.54) is 16.7 Å². The molecule has 0 bridgehead atoms. The molecule has 27 heavy (non-hydrogen) atoms. The normalized spacial score (nSPS) is 27.1. The lowest BCUT2D eigenvalue weighted by atomic mass is 9.95. The molecule has 2 aliphatic heterocycles. The number of nitrogens with zero attached hydrogens (tertiary/aromatic N) is 1. The number of hydrogen-bond acceptors (Lipinski definition) is 5. The number of carbonyl (C=O) groups excluding carboxylic acids is 2. The lowest BCUT2D eigenvalue weighted by Gasteiger charge is -2.43. The molecule has 146 valence electrons. The second-order valence-corrected chi connectivity index (χ2v) is 9.65. The van der Waals surface area contributed by atoms with Crippen molar-refractivity contribution in [3.63, 3.8) is 0 Å². The van der Waals surface area contributed by atoms with Crippen molar-refractivity contribution < 1.29 is 19.5 Å². The summed E-state index contributed by atoms with van der Waals surface area (Å²) in [5, 5.41) is 11.8. The molecule has 8 heteroatoms. The summed E-state index contributed by atoms with van der Waals surface area (Å²) in [5.74, 6) is -1.47. The number of fused-ring (bicyclic) bond motifs is 1. The van der Waals surface area contributed by atoms with E-state index in [9.17, 15) is 19.5 Å². The molecular formula is C19H25N3O4S. The van der Waals surface area contributed by atoms with Crippen LogP contribution < -0.4 is 11.1 Å². The van der Waals surface area contributed by atoms with Gasteiger partial charge >= 0.3 is 5.97 Å². The lowest BCUT2D eigenvalue weighted by molar-refractivity contribution is -0.161. The summed E-state index contributed by atoms with van der Waals surface area (Å²) in [6, 6.07) is 5.00. The van der Waals surface area contributed by atoms with Gasteiger partial charge in [0.2, 0.25) is 11.8 Å². The van der Waals surface area contributed by atoms with Crippen LogP contribution >= 0.6 is 11.8 Å². The molecule has 0 aromatic heterocycles. The Hall–Kier alpha value is -2.06. The monoisotopic (exact) mass is 391 g/mol. The molecule has 2 fully saturated rings. The van der Waals surface area contributed by atoms with Crippen molar-refractivity contribution in [3.8, 4) is 0 Å². The van der Waals surface area contributed by atoms with E-state index in [-0.39, 0.29) is 11.3 Å². The summed E-state index contributed by atoms with van der Waals surface area (Å²) < 4.78 is -0.625. The first kappa shape index (κ1) is 19.7. The minimum absolute atomic E-state index is 0.374. The number of thioether (sulfide) groups is 1. The number of hydrogen-bond donors (Lipinski definition) is 3. The number of nitrogens with two attached hydrogens (primary N) is 1. The van der Waals surface area contributed by atoms with Gasteiger partial charge in [0.1, 0.15) is 23.5 Å². The Kier molecular flexibility index (Phi) is 4.98. The Morgan fingerprint density at radius 1 is 1.22 bits per heavy atom. The van der Waals surface area contributed by atoms with Crippen LogP contribution in [0.1, 0.15) is 50.8 Å². The van der Waals surface area contributed by atoms with Crippen molar-refractivity contribution in [2.45, 2.75) is 61.9 Å². The quantitative estimate of drug-likeness (QED) is 0.655. The summed E-state index contributed by atoms with van der Waals surface area (Å²) in [5.41, 5.74) is 7.89. The van der Waals surface area contributed by atoms with E-state index in [0.717, 1.165) is 5.56 Å². The van der Waals surface area contributed by atoms with Gasteiger partial charge in [-0.05, 0) is 30.9 Å². The molecule has 4 N–H and O–H groups in total. The Balaban J connectivity index is 1.68. The third-order valence-electron chi connectivity index (χ3n) is 5.22. The first-order chi connectivity index (χ1) is 12.5. The number of rotatable bonds is 5. The van der Waals surface area contributed by atoms with Crippen LogP contribution in [-0.2, 0) is 14.4 Å². The van der Waals surface area contributed by atoms with Gasteiger partial charge < -0.3 is 21.1 Å². The fraction of sp³-hybridized carbons (Fsp3) is 0.526. The molecule has 4 atom stereocenters. The van der Waals surface area contributed by atoms with Crippen molar-refractivity contribution in [3.05, 3.63) is 35.4 Å². The van der Waals surface area contributed by atoms with E-state index in [1.54, 1.807) is 13.8 Å². The average Bonchev–Trinajstić information content (AvgIpc) is 2.87. The Morgan fingerprint density at radius 2 is 1.78 bits per heavy atom. The zero-order valence-corrected chi connectivity index (χ0v) is 16.6. The van der Waals surface area contributed by atoms with E-state index < -0.39 is 34.7 Å². The summed E-state index contributed by atoms with van der Waals surface area (Å²) in [6.45, 7) is 7.76. The number of β-lactam (4-membered cyclic amide) rings is 1. The molecule has 1 aromatic rings. The zero-order chi connectivity index (χ0) is 20.1. The molecule has 2 heterocycles. The Labute approximate surface area is 162 Å². The van der Waals surface area contributed by atoms with Crippen LogP contribution in [0.15, 0.2) is 24.3 Å². The molecule has 2 saturated heterocycles. The predicted octanol–water partition coefficient (Wildman–Crippen LogP) is 1.44. The van der Waals surface area contributed by atoms with Gasteiger partial charge in [0.05, 0.1) is 0 Å². The number of carboxylic acids is 1. The maximum Gasteiger partial charge on any atom is 0.327 e. The molecule has 0 spiro atoms. The molecule has 0 radical (unpaired) electrons. The second-order valence-electron chi connectivity index (χ2n) is 7.88. The van der Waals surface area contributed by atoms with Crippen LogP contribution in [0, 0.1) is 0 Å². The van der Waals surface area contributed by atoms with Crippen molar-refractivity contribution in [2.75, 3.05) is 0 Å². The van der Waals surface area contributed by atoms with Gasteiger partial charge in [-0.1, -0.05) is 38.1 Å². The van der Waals surface area contributed by atoms with Crippen LogP contribution in [-0.4, -0.2) is 50.0 Å². The van der Waals surface area contributed by atoms with Gasteiger partial charge in [0.15, 0.2) is 0 Å². The number of aliphatic carboxylic acids is 1. The molecular weight excluding hydrogens is 366 g/mol. The third kappa shape index (κ3) is 3.32. The number of amides is 2. The molecule has 3 rings (SSSR count). The first-order valence-corrected chi connectivity index (χ1v) is 9.81. The molecule has 1 aromatic carbocycles. The Morgan fingerprint density at radius 3 is 2.30 bits per heavy atom. The Bertz CT molecular complexity index is 778. The van der Waals surface area contributed by atoms with Crippen LogP contribution in [0.25, 0.3) is 0 Å². The number of carboxylic acid groups (broad SMARTS) is 1. The smallest absolute Gasteiger partial charge is 0.327 e. The minimum Gasteiger partial charge on any atom is -0.480 e. The van der Waals surface area contributed by atoms with E-state index in [4.69, 9.17) is 5.73 Å². The topological polar surface area (TPSA) is 113 Å². The highest BCUT2D eigenvalue weighted by atomic mass is 32.2. The van der Waals surface area contributed by atoms with Crippen molar-refractivity contribution in [1.82, 2.24) is 10.2 Å². The fourth-order valence-electron chi connectivity index (χ4n) is 3.63. The van der Waals surface area contributed by atoms with E-state index >= 15 is 0 Å². The number of nitrogens with one attached hydrogen (secondary N) is 1.